The molecule has 1 unspecified atom stereocenters. The number of carbonyl (C=O) groups is 1. The minimum Gasteiger partial charge on any atom is -0.353 e. The molecule has 0 radical (unpaired) electrons. The molecule has 1 heterocycles. The maximum absolute atomic E-state index is 11.8. The fourth-order valence-electron chi connectivity index (χ4n) is 1.67. The van der Waals surface area contributed by atoms with Gasteiger partial charge in [0.1, 0.15) is 0 Å². The predicted molar refractivity (Wildman–Crippen MR) is 66.2 cm³/mol. The van der Waals surface area contributed by atoms with Gasteiger partial charge in [-0.3, -0.25) is 9.69 Å². The van der Waals surface area contributed by atoms with Crippen molar-refractivity contribution in [1.29, 1.82) is 0 Å². The summed E-state index contributed by atoms with van der Waals surface area (Å²) in [7, 11) is 0. The van der Waals surface area contributed by atoms with Crippen LogP contribution in [0, 0.1) is 0 Å². The molecular weight excluding hydrogens is 208 g/mol. The lowest BCUT2D eigenvalue weighted by atomic mass is 10.2. The molecule has 1 N–H and O–H groups in total. The molecule has 1 aliphatic rings. The van der Waals surface area contributed by atoms with E-state index in [1.807, 2.05) is 13.8 Å². The third-order valence-corrected chi connectivity index (χ3v) is 3.74. The molecule has 1 fully saturated rings. The van der Waals surface area contributed by atoms with Crippen LogP contribution in [-0.4, -0.2) is 47.0 Å². The monoisotopic (exact) mass is 230 g/mol. The molecule has 88 valence electrons. The molecule has 0 aromatic carbocycles. The molecule has 0 aromatic heterocycles. The van der Waals surface area contributed by atoms with Crippen molar-refractivity contribution in [3.05, 3.63) is 0 Å². The van der Waals surface area contributed by atoms with E-state index in [1.54, 1.807) is 11.8 Å². The zero-order chi connectivity index (χ0) is 11.4. The van der Waals surface area contributed by atoms with Gasteiger partial charge >= 0.3 is 0 Å². The van der Waals surface area contributed by atoms with E-state index in [-0.39, 0.29) is 17.2 Å². The second-order valence-electron chi connectivity index (χ2n) is 4.61. The number of hydrogen-bond acceptors (Lipinski definition) is 3. The van der Waals surface area contributed by atoms with Crippen LogP contribution >= 0.6 is 11.8 Å². The Balaban J connectivity index is 2.45. The molecule has 0 aromatic rings. The summed E-state index contributed by atoms with van der Waals surface area (Å²) < 4.78 is 0. The van der Waals surface area contributed by atoms with Crippen LogP contribution in [0.3, 0.4) is 0 Å². The number of hydrogen-bond donors (Lipinski definition) is 1. The Morgan fingerprint density at radius 1 is 1.40 bits per heavy atom. The van der Waals surface area contributed by atoms with Crippen molar-refractivity contribution >= 4 is 17.7 Å². The summed E-state index contributed by atoms with van der Waals surface area (Å²) in [5, 5.41) is 3.10. The number of carbonyl (C=O) groups excluding carboxylic acids is 1. The van der Waals surface area contributed by atoms with Crippen molar-refractivity contribution in [1.82, 2.24) is 10.2 Å². The highest BCUT2D eigenvalue weighted by Crippen LogP contribution is 2.20. The Labute approximate surface area is 97.0 Å². The third-order valence-electron chi connectivity index (χ3n) is 2.55. The van der Waals surface area contributed by atoms with E-state index in [2.05, 4.69) is 24.1 Å². The van der Waals surface area contributed by atoms with Gasteiger partial charge in [0.2, 0.25) is 5.91 Å². The van der Waals surface area contributed by atoms with Crippen LogP contribution < -0.4 is 5.32 Å². The Morgan fingerprint density at radius 3 is 2.60 bits per heavy atom. The summed E-state index contributed by atoms with van der Waals surface area (Å²) in [5.41, 5.74) is 0. The second kappa shape index (κ2) is 5.75. The normalized spacial score (nSPS) is 23.5. The maximum atomic E-state index is 11.8. The summed E-state index contributed by atoms with van der Waals surface area (Å²) in [6.45, 7) is 10.4. The summed E-state index contributed by atoms with van der Waals surface area (Å²) in [5.74, 6) is 1.26. The molecule has 1 aliphatic heterocycles. The highest BCUT2D eigenvalue weighted by atomic mass is 32.2. The molecule has 0 spiro atoms. The first-order valence-electron chi connectivity index (χ1n) is 5.66. The standard InChI is InChI=1S/C11H22N2OS/c1-8(2)12-11(14)10-7-13(9(3)4)5-6-15-10/h8-10H,5-7H2,1-4H3,(H,12,14). The van der Waals surface area contributed by atoms with E-state index in [9.17, 15) is 4.79 Å². The topological polar surface area (TPSA) is 32.3 Å². The molecule has 4 heteroatoms. The van der Waals surface area contributed by atoms with Crippen molar-refractivity contribution < 1.29 is 4.79 Å². The lowest BCUT2D eigenvalue weighted by Crippen LogP contribution is -2.49. The second-order valence-corrected chi connectivity index (χ2v) is 5.92. The first kappa shape index (κ1) is 12.8. The Bertz CT molecular complexity index is 219. The number of nitrogens with zero attached hydrogens (tertiary/aromatic N) is 1. The quantitative estimate of drug-likeness (QED) is 0.794. The average Bonchev–Trinajstić information content (AvgIpc) is 2.17. The van der Waals surface area contributed by atoms with Crippen molar-refractivity contribution in [2.24, 2.45) is 0 Å². The van der Waals surface area contributed by atoms with Gasteiger partial charge in [-0.2, -0.15) is 0 Å². The molecule has 0 bridgehead atoms. The highest BCUT2D eigenvalue weighted by molar-refractivity contribution is 8.00. The minimum atomic E-state index is 0.114. The molecular formula is C11H22N2OS. The number of nitrogens with one attached hydrogen (secondary N) is 1. The smallest absolute Gasteiger partial charge is 0.234 e. The van der Waals surface area contributed by atoms with Crippen LogP contribution in [0.15, 0.2) is 0 Å². The molecule has 1 rings (SSSR count). The van der Waals surface area contributed by atoms with E-state index in [4.69, 9.17) is 0 Å². The summed E-state index contributed by atoms with van der Waals surface area (Å²) in [6.07, 6.45) is 0. The van der Waals surface area contributed by atoms with E-state index >= 15 is 0 Å². The van der Waals surface area contributed by atoms with E-state index < -0.39 is 0 Å². The van der Waals surface area contributed by atoms with Crippen molar-refractivity contribution in [2.45, 2.75) is 45.0 Å². The van der Waals surface area contributed by atoms with Crippen molar-refractivity contribution in [3.63, 3.8) is 0 Å². The first-order chi connectivity index (χ1) is 7.00. The lowest BCUT2D eigenvalue weighted by Gasteiger charge is -2.34. The largest absolute Gasteiger partial charge is 0.353 e. The minimum absolute atomic E-state index is 0.114. The van der Waals surface area contributed by atoms with Crippen LogP contribution in [0.1, 0.15) is 27.7 Å². The maximum Gasteiger partial charge on any atom is 0.234 e. The Hall–Kier alpha value is -0.220. The van der Waals surface area contributed by atoms with E-state index in [0.29, 0.717) is 6.04 Å². The predicted octanol–water partition coefficient (Wildman–Crippen LogP) is 1.34. The van der Waals surface area contributed by atoms with E-state index in [0.717, 1.165) is 18.8 Å². The SMILES string of the molecule is CC(C)NC(=O)C1CN(C(C)C)CCS1. The first-order valence-corrected chi connectivity index (χ1v) is 6.71. The van der Waals surface area contributed by atoms with Crippen LogP contribution in [0.25, 0.3) is 0 Å². The molecule has 3 nitrogen and oxygen atoms in total. The molecule has 1 amide bonds. The van der Waals surface area contributed by atoms with Gasteiger partial charge in [0, 0.05) is 30.9 Å². The van der Waals surface area contributed by atoms with Crippen LogP contribution in [-0.2, 0) is 4.79 Å². The third kappa shape index (κ3) is 4.03. The number of amides is 1. The molecule has 1 saturated heterocycles. The lowest BCUT2D eigenvalue weighted by molar-refractivity contribution is -0.121. The Morgan fingerprint density at radius 2 is 2.07 bits per heavy atom. The summed E-state index contributed by atoms with van der Waals surface area (Å²) >= 11 is 1.78. The molecule has 0 aliphatic carbocycles. The van der Waals surface area contributed by atoms with Gasteiger partial charge < -0.3 is 5.32 Å². The van der Waals surface area contributed by atoms with Gasteiger partial charge in [-0.05, 0) is 27.7 Å². The summed E-state index contributed by atoms with van der Waals surface area (Å²) in [4.78, 5) is 14.2. The van der Waals surface area contributed by atoms with Crippen molar-refractivity contribution in [3.8, 4) is 0 Å². The molecule has 1 atom stereocenters. The van der Waals surface area contributed by atoms with Gasteiger partial charge in [0.05, 0.1) is 5.25 Å². The zero-order valence-electron chi connectivity index (χ0n) is 10.1. The number of rotatable bonds is 3. The number of thioether (sulfide) groups is 1. The van der Waals surface area contributed by atoms with Gasteiger partial charge in [-0.1, -0.05) is 0 Å². The van der Waals surface area contributed by atoms with Gasteiger partial charge in [0.25, 0.3) is 0 Å². The van der Waals surface area contributed by atoms with Crippen molar-refractivity contribution in [2.75, 3.05) is 18.8 Å². The van der Waals surface area contributed by atoms with E-state index in [1.165, 1.54) is 0 Å². The van der Waals surface area contributed by atoms with Crippen LogP contribution in [0.5, 0.6) is 0 Å². The highest BCUT2D eigenvalue weighted by Gasteiger charge is 2.27. The fraction of sp³-hybridized carbons (Fsp3) is 0.909. The zero-order valence-corrected chi connectivity index (χ0v) is 10.9. The molecule has 15 heavy (non-hydrogen) atoms. The van der Waals surface area contributed by atoms with Gasteiger partial charge in [0.15, 0.2) is 0 Å². The van der Waals surface area contributed by atoms with Crippen LogP contribution in [0.2, 0.25) is 0 Å². The molecule has 0 saturated carbocycles. The fourth-order valence-corrected chi connectivity index (χ4v) is 2.82. The Kier molecular flexibility index (Phi) is 4.93. The average molecular weight is 230 g/mol. The van der Waals surface area contributed by atoms with Crippen LogP contribution in [0.4, 0.5) is 0 Å². The summed E-state index contributed by atoms with van der Waals surface area (Å²) in [6, 6.07) is 0.785. The van der Waals surface area contributed by atoms with Gasteiger partial charge in [-0.15, -0.1) is 11.8 Å². The van der Waals surface area contributed by atoms with Gasteiger partial charge in [-0.25, -0.2) is 0 Å².